The van der Waals surface area contributed by atoms with E-state index in [4.69, 9.17) is 4.74 Å². The molecule has 2 aromatic rings. The molecule has 0 aliphatic heterocycles. The SMILES string of the molecule is Cc1ccc(C)c(COc2ccc(CCC(C)O)cc2)c1. The summed E-state index contributed by atoms with van der Waals surface area (Å²) in [5.41, 5.74) is 4.98. The van der Waals surface area contributed by atoms with Crippen LogP contribution < -0.4 is 4.74 Å². The van der Waals surface area contributed by atoms with Crippen molar-refractivity contribution in [3.63, 3.8) is 0 Å². The lowest BCUT2D eigenvalue weighted by Crippen LogP contribution is -2.01. The van der Waals surface area contributed by atoms with Gasteiger partial charge in [0.15, 0.2) is 0 Å². The van der Waals surface area contributed by atoms with Gasteiger partial charge in [-0.25, -0.2) is 0 Å². The Labute approximate surface area is 127 Å². The summed E-state index contributed by atoms with van der Waals surface area (Å²) in [6.45, 7) is 6.62. The van der Waals surface area contributed by atoms with E-state index in [1.54, 1.807) is 0 Å². The molecule has 2 nitrogen and oxygen atoms in total. The Kier molecular flexibility index (Phi) is 5.40. The van der Waals surface area contributed by atoms with Crippen molar-refractivity contribution in [2.45, 2.75) is 46.3 Å². The molecule has 2 rings (SSSR count). The Bertz CT molecular complexity index is 571. The van der Waals surface area contributed by atoms with Crippen LogP contribution in [0.25, 0.3) is 0 Å². The third-order valence-electron chi connectivity index (χ3n) is 3.67. The van der Waals surface area contributed by atoms with Crippen LogP contribution in [0.4, 0.5) is 0 Å². The summed E-state index contributed by atoms with van der Waals surface area (Å²) in [4.78, 5) is 0. The minimum atomic E-state index is -0.245. The summed E-state index contributed by atoms with van der Waals surface area (Å²) in [5, 5.41) is 9.30. The predicted octanol–water partition coefficient (Wildman–Crippen LogP) is 4.20. The lowest BCUT2D eigenvalue weighted by molar-refractivity contribution is 0.185. The zero-order valence-electron chi connectivity index (χ0n) is 13.1. The van der Waals surface area contributed by atoms with E-state index in [9.17, 15) is 5.11 Å². The van der Waals surface area contributed by atoms with Crippen molar-refractivity contribution in [2.24, 2.45) is 0 Å². The summed E-state index contributed by atoms with van der Waals surface area (Å²) < 4.78 is 5.86. The highest BCUT2D eigenvalue weighted by Crippen LogP contribution is 2.17. The summed E-state index contributed by atoms with van der Waals surface area (Å²) >= 11 is 0. The Hall–Kier alpha value is -1.80. The number of hydrogen-bond donors (Lipinski definition) is 1. The maximum atomic E-state index is 9.30. The zero-order valence-corrected chi connectivity index (χ0v) is 13.1. The second-order valence-corrected chi connectivity index (χ2v) is 5.75. The zero-order chi connectivity index (χ0) is 15.2. The molecule has 1 unspecified atom stereocenters. The molecule has 0 radical (unpaired) electrons. The average Bonchev–Trinajstić information content (AvgIpc) is 2.47. The number of aryl methyl sites for hydroxylation is 3. The average molecular weight is 284 g/mol. The molecule has 0 aromatic heterocycles. The van der Waals surface area contributed by atoms with E-state index in [0.717, 1.165) is 18.6 Å². The molecule has 1 N–H and O–H groups in total. The van der Waals surface area contributed by atoms with E-state index >= 15 is 0 Å². The molecular formula is C19H24O2. The Balaban J connectivity index is 1.93. The lowest BCUT2D eigenvalue weighted by Gasteiger charge is -2.10. The van der Waals surface area contributed by atoms with Gasteiger partial charge in [-0.3, -0.25) is 0 Å². The highest BCUT2D eigenvalue weighted by atomic mass is 16.5. The van der Waals surface area contributed by atoms with Crippen LogP contribution in [0.1, 0.15) is 35.6 Å². The van der Waals surface area contributed by atoms with Gasteiger partial charge in [-0.2, -0.15) is 0 Å². The van der Waals surface area contributed by atoms with Crippen molar-refractivity contribution >= 4 is 0 Å². The number of ether oxygens (including phenoxy) is 1. The molecule has 0 aliphatic rings. The van der Waals surface area contributed by atoms with Crippen molar-refractivity contribution in [1.29, 1.82) is 0 Å². The quantitative estimate of drug-likeness (QED) is 0.861. The van der Waals surface area contributed by atoms with Crippen molar-refractivity contribution in [2.75, 3.05) is 0 Å². The Morgan fingerprint density at radius 1 is 1.05 bits per heavy atom. The molecule has 2 heteroatoms. The summed E-state index contributed by atoms with van der Waals surface area (Å²) in [6.07, 6.45) is 1.45. The minimum Gasteiger partial charge on any atom is -0.489 e. The lowest BCUT2D eigenvalue weighted by atomic mass is 10.1. The fourth-order valence-electron chi connectivity index (χ4n) is 2.24. The van der Waals surface area contributed by atoms with E-state index in [-0.39, 0.29) is 6.10 Å². The molecule has 112 valence electrons. The van der Waals surface area contributed by atoms with Gasteiger partial charge in [0.25, 0.3) is 0 Å². The van der Waals surface area contributed by atoms with Crippen molar-refractivity contribution < 1.29 is 9.84 Å². The molecule has 0 aliphatic carbocycles. The van der Waals surface area contributed by atoms with Gasteiger partial charge in [0.05, 0.1) is 6.10 Å². The van der Waals surface area contributed by atoms with Crippen molar-refractivity contribution in [1.82, 2.24) is 0 Å². The summed E-state index contributed by atoms with van der Waals surface area (Å²) in [6, 6.07) is 14.6. The smallest absolute Gasteiger partial charge is 0.119 e. The predicted molar refractivity (Wildman–Crippen MR) is 86.7 cm³/mol. The molecule has 0 saturated heterocycles. The van der Waals surface area contributed by atoms with E-state index in [1.165, 1.54) is 22.3 Å². The van der Waals surface area contributed by atoms with Crippen LogP contribution in [0, 0.1) is 13.8 Å². The number of aliphatic hydroxyl groups excluding tert-OH is 1. The first-order chi connectivity index (χ1) is 10.0. The van der Waals surface area contributed by atoms with Crippen LogP contribution in [0.2, 0.25) is 0 Å². The van der Waals surface area contributed by atoms with E-state index in [2.05, 4.69) is 44.2 Å². The molecule has 21 heavy (non-hydrogen) atoms. The van der Waals surface area contributed by atoms with Crippen molar-refractivity contribution in [3.05, 3.63) is 64.7 Å². The van der Waals surface area contributed by atoms with E-state index in [1.807, 2.05) is 19.1 Å². The van der Waals surface area contributed by atoms with Crippen LogP contribution >= 0.6 is 0 Å². The maximum absolute atomic E-state index is 9.30. The van der Waals surface area contributed by atoms with Gasteiger partial charge >= 0.3 is 0 Å². The van der Waals surface area contributed by atoms with Crippen molar-refractivity contribution in [3.8, 4) is 5.75 Å². The summed E-state index contributed by atoms with van der Waals surface area (Å²) in [5.74, 6) is 0.886. The first kappa shape index (κ1) is 15.6. The van der Waals surface area contributed by atoms with Crippen LogP contribution in [-0.4, -0.2) is 11.2 Å². The fourth-order valence-corrected chi connectivity index (χ4v) is 2.24. The molecule has 2 aromatic carbocycles. The van der Waals surface area contributed by atoms with Gasteiger partial charge in [0, 0.05) is 0 Å². The molecule has 0 heterocycles. The van der Waals surface area contributed by atoms with Gasteiger partial charge in [-0.1, -0.05) is 35.9 Å². The molecule has 0 spiro atoms. The molecular weight excluding hydrogens is 260 g/mol. The van der Waals surface area contributed by atoms with Crippen LogP contribution in [0.15, 0.2) is 42.5 Å². The highest BCUT2D eigenvalue weighted by Gasteiger charge is 2.02. The number of aliphatic hydroxyl groups is 1. The first-order valence-electron chi connectivity index (χ1n) is 7.50. The third kappa shape index (κ3) is 4.91. The largest absolute Gasteiger partial charge is 0.489 e. The van der Waals surface area contributed by atoms with Gasteiger partial charge in [0.2, 0.25) is 0 Å². The Morgan fingerprint density at radius 3 is 2.43 bits per heavy atom. The van der Waals surface area contributed by atoms with Gasteiger partial charge in [-0.15, -0.1) is 0 Å². The highest BCUT2D eigenvalue weighted by molar-refractivity contribution is 5.31. The molecule has 0 fully saturated rings. The molecule has 1 atom stereocenters. The topological polar surface area (TPSA) is 29.5 Å². The van der Waals surface area contributed by atoms with Gasteiger partial charge in [0.1, 0.15) is 12.4 Å². The molecule has 0 bridgehead atoms. The number of benzene rings is 2. The fraction of sp³-hybridized carbons (Fsp3) is 0.368. The van der Waals surface area contributed by atoms with Crippen LogP contribution in [0.5, 0.6) is 5.75 Å². The van der Waals surface area contributed by atoms with Gasteiger partial charge < -0.3 is 9.84 Å². The third-order valence-corrected chi connectivity index (χ3v) is 3.67. The van der Waals surface area contributed by atoms with E-state index < -0.39 is 0 Å². The number of hydrogen-bond acceptors (Lipinski definition) is 2. The number of rotatable bonds is 6. The van der Waals surface area contributed by atoms with Gasteiger partial charge in [-0.05, 0) is 62.4 Å². The minimum absolute atomic E-state index is 0.245. The Morgan fingerprint density at radius 2 is 1.76 bits per heavy atom. The first-order valence-corrected chi connectivity index (χ1v) is 7.50. The molecule has 0 saturated carbocycles. The molecule has 0 amide bonds. The second kappa shape index (κ2) is 7.28. The van der Waals surface area contributed by atoms with E-state index in [0.29, 0.717) is 6.61 Å². The second-order valence-electron chi connectivity index (χ2n) is 5.75. The maximum Gasteiger partial charge on any atom is 0.119 e. The normalized spacial score (nSPS) is 12.2. The standard InChI is InChI=1S/C19H24O2/c1-14-4-5-15(2)18(12-14)13-21-19-10-8-17(9-11-19)7-6-16(3)20/h4-5,8-12,16,20H,6-7,13H2,1-3H3. The van der Waals surface area contributed by atoms with Crippen LogP contribution in [-0.2, 0) is 13.0 Å². The van der Waals surface area contributed by atoms with Crippen LogP contribution in [0.3, 0.4) is 0 Å². The monoisotopic (exact) mass is 284 g/mol. The summed E-state index contributed by atoms with van der Waals surface area (Å²) in [7, 11) is 0.